The Balaban J connectivity index is 2.28. The molecule has 13 heteroatoms. The molecule has 0 aromatic heterocycles. The van der Waals surface area contributed by atoms with Gasteiger partial charge in [-0.05, 0) is 47.4 Å². The Kier molecular flexibility index (Phi) is 9.51. The number of urea groups is 1. The number of benzene rings is 3. The highest BCUT2D eigenvalue weighted by Crippen LogP contribution is 2.43. The first kappa shape index (κ1) is 30.1. The second kappa shape index (κ2) is 12.6. The fraction of sp³-hybridized carbons (Fsp3) is 0.259. The highest BCUT2D eigenvalue weighted by molar-refractivity contribution is 5.76. The maximum atomic E-state index is 13.0. The lowest BCUT2D eigenvalue weighted by atomic mass is 9.81. The molecular formula is C27H24F6N2O5. The van der Waals surface area contributed by atoms with Gasteiger partial charge in [0.25, 0.3) is 0 Å². The van der Waals surface area contributed by atoms with Crippen LogP contribution in [-0.2, 0) is 9.63 Å². The number of alkyl halides is 6. The van der Waals surface area contributed by atoms with Gasteiger partial charge in [0.1, 0.15) is 17.5 Å². The largest absolute Gasteiger partial charge is 0.573 e. The van der Waals surface area contributed by atoms with Crippen molar-refractivity contribution < 1.29 is 50.2 Å². The number of carbonyl (C=O) groups excluding carboxylic acids is 2. The predicted molar refractivity (Wildman–Crippen MR) is 130 cm³/mol. The van der Waals surface area contributed by atoms with Gasteiger partial charge in [-0.3, -0.25) is 0 Å². The summed E-state index contributed by atoms with van der Waals surface area (Å²) in [5.74, 6) is -3.32. The van der Waals surface area contributed by atoms with Crippen LogP contribution in [0.1, 0.15) is 48.4 Å². The van der Waals surface area contributed by atoms with Crippen molar-refractivity contribution in [3.8, 4) is 11.5 Å². The number of nitrogens with zero attached hydrogens (tertiary/aromatic N) is 1. The van der Waals surface area contributed by atoms with E-state index in [1.54, 1.807) is 25.1 Å². The van der Waals surface area contributed by atoms with Crippen molar-refractivity contribution in [3.63, 3.8) is 0 Å². The van der Waals surface area contributed by atoms with E-state index < -0.39 is 48.2 Å². The molecule has 2 N–H and O–H groups in total. The lowest BCUT2D eigenvalue weighted by Crippen LogP contribution is -2.43. The minimum atomic E-state index is -5.04. The van der Waals surface area contributed by atoms with E-state index in [-0.39, 0.29) is 17.5 Å². The molecule has 0 fully saturated rings. The zero-order chi connectivity index (χ0) is 29.5. The number of nitrogens with two attached hydrogens (primary N) is 1. The summed E-state index contributed by atoms with van der Waals surface area (Å²) >= 11 is 0. The first-order valence-electron chi connectivity index (χ1n) is 11.8. The number of hydrogen-bond donors (Lipinski definition) is 1. The molecule has 214 valence electrons. The minimum absolute atomic E-state index is 0.0672. The van der Waals surface area contributed by atoms with Gasteiger partial charge in [-0.15, -0.1) is 31.4 Å². The molecule has 0 aliphatic carbocycles. The molecule has 0 radical (unpaired) electrons. The van der Waals surface area contributed by atoms with Crippen LogP contribution in [0.15, 0.2) is 78.9 Å². The zero-order valence-electron chi connectivity index (χ0n) is 20.9. The van der Waals surface area contributed by atoms with Crippen molar-refractivity contribution in [3.05, 3.63) is 95.6 Å². The van der Waals surface area contributed by atoms with Gasteiger partial charge in [0, 0.05) is 12.3 Å². The predicted octanol–water partition coefficient (Wildman–Crippen LogP) is 7.00. The second-order valence-electron chi connectivity index (χ2n) is 8.45. The number of ether oxygens (including phenoxy) is 2. The molecule has 0 bridgehead atoms. The summed E-state index contributed by atoms with van der Waals surface area (Å²) in [7, 11) is 0. The van der Waals surface area contributed by atoms with Gasteiger partial charge in [0.05, 0.1) is 0 Å². The van der Waals surface area contributed by atoms with E-state index in [4.69, 9.17) is 10.6 Å². The molecule has 2 amide bonds. The fourth-order valence-electron chi connectivity index (χ4n) is 4.08. The average Bonchev–Trinajstić information content (AvgIpc) is 2.85. The third-order valence-corrected chi connectivity index (χ3v) is 5.48. The van der Waals surface area contributed by atoms with Crippen molar-refractivity contribution >= 4 is 12.0 Å². The number of hydrogen-bond acceptors (Lipinski definition) is 5. The normalized spacial score (nSPS) is 12.5. The number of halogens is 6. The van der Waals surface area contributed by atoms with Crippen LogP contribution in [0.3, 0.4) is 0 Å². The summed E-state index contributed by atoms with van der Waals surface area (Å²) in [6, 6.07) is 14.6. The van der Waals surface area contributed by atoms with Crippen LogP contribution in [0.2, 0.25) is 0 Å². The van der Waals surface area contributed by atoms with E-state index >= 15 is 0 Å². The number of primary amides is 1. The molecule has 3 aromatic carbocycles. The van der Waals surface area contributed by atoms with Gasteiger partial charge in [-0.2, -0.15) is 0 Å². The van der Waals surface area contributed by atoms with Gasteiger partial charge < -0.3 is 20.0 Å². The molecule has 0 aliphatic rings. The molecule has 0 aliphatic heterocycles. The molecule has 3 aromatic rings. The van der Waals surface area contributed by atoms with Crippen molar-refractivity contribution in [1.29, 1.82) is 0 Å². The molecule has 1 unspecified atom stereocenters. The summed E-state index contributed by atoms with van der Waals surface area (Å²) in [5.41, 5.74) is 6.04. The summed E-state index contributed by atoms with van der Waals surface area (Å²) in [4.78, 5) is 30.4. The quantitative estimate of drug-likeness (QED) is 0.221. The Bertz CT molecular complexity index is 1240. The molecular weight excluding hydrogens is 546 g/mol. The van der Waals surface area contributed by atoms with E-state index in [9.17, 15) is 35.9 Å². The molecule has 0 spiro atoms. The fourth-order valence-corrected chi connectivity index (χ4v) is 4.08. The topological polar surface area (TPSA) is 91.1 Å². The van der Waals surface area contributed by atoms with E-state index in [1.807, 2.05) is 0 Å². The Hall–Kier alpha value is -4.42. The number of carbonyl (C=O) groups is 2. The van der Waals surface area contributed by atoms with Crippen molar-refractivity contribution in [1.82, 2.24) is 5.06 Å². The number of rotatable bonds is 9. The van der Waals surface area contributed by atoms with Crippen LogP contribution in [-0.4, -0.2) is 29.8 Å². The van der Waals surface area contributed by atoms with Gasteiger partial charge >= 0.3 is 24.7 Å². The van der Waals surface area contributed by atoms with E-state index in [0.717, 1.165) is 24.3 Å². The summed E-state index contributed by atoms with van der Waals surface area (Å²) < 4.78 is 86.1. The zero-order valence-corrected chi connectivity index (χ0v) is 20.9. The van der Waals surface area contributed by atoms with Gasteiger partial charge in [-0.25, -0.2) is 9.59 Å². The lowest BCUT2D eigenvalue weighted by Gasteiger charge is -2.35. The van der Waals surface area contributed by atoms with Crippen LogP contribution < -0.4 is 15.2 Å². The van der Waals surface area contributed by atoms with E-state index in [1.165, 1.54) is 36.4 Å². The maximum absolute atomic E-state index is 13.0. The molecule has 3 rings (SSSR count). The average molecular weight is 570 g/mol. The van der Waals surface area contributed by atoms with Gasteiger partial charge in [0.15, 0.2) is 0 Å². The Labute approximate surface area is 225 Å². The van der Waals surface area contributed by atoms with Crippen LogP contribution in [0.5, 0.6) is 11.5 Å². The SMILES string of the molecule is CCCC(=O)ON(C(N)=O)C(c1ccccc1)C(c1cccc(OC(F)(F)F)c1)c1cccc(OC(F)(F)F)c1. The third-order valence-electron chi connectivity index (χ3n) is 5.48. The smallest absolute Gasteiger partial charge is 0.406 e. The monoisotopic (exact) mass is 570 g/mol. The first-order chi connectivity index (χ1) is 18.8. The number of amides is 2. The van der Waals surface area contributed by atoms with Crippen LogP contribution in [0.4, 0.5) is 31.1 Å². The van der Waals surface area contributed by atoms with Gasteiger partial charge in [-0.1, -0.05) is 61.5 Å². The Morgan fingerprint density at radius 3 is 1.68 bits per heavy atom. The van der Waals surface area contributed by atoms with E-state index in [2.05, 4.69) is 9.47 Å². The summed E-state index contributed by atoms with van der Waals surface area (Å²) in [6.07, 6.45) is -9.82. The van der Waals surface area contributed by atoms with Crippen LogP contribution in [0.25, 0.3) is 0 Å². The second-order valence-corrected chi connectivity index (χ2v) is 8.45. The lowest BCUT2D eigenvalue weighted by molar-refractivity contribution is -0.275. The Morgan fingerprint density at radius 1 is 0.775 bits per heavy atom. The van der Waals surface area contributed by atoms with Crippen LogP contribution in [0, 0.1) is 0 Å². The van der Waals surface area contributed by atoms with Crippen molar-refractivity contribution in [2.45, 2.75) is 44.4 Å². The van der Waals surface area contributed by atoms with E-state index in [0.29, 0.717) is 17.0 Å². The van der Waals surface area contributed by atoms with Crippen molar-refractivity contribution in [2.24, 2.45) is 5.73 Å². The van der Waals surface area contributed by atoms with Crippen molar-refractivity contribution in [2.75, 3.05) is 0 Å². The molecule has 40 heavy (non-hydrogen) atoms. The molecule has 1 atom stereocenters. The molecule has 0 heterocycles. The molecule has 7 nitrogen and oxygen atoms in total. The standard InChI is InChI=1S/C27H24F6N2O5/c1-2-8-22(36)40-35(25(34)37)24(17-9-4-3-5-10-17)23(18-11-6-13-20(15-18)38-26(28,29)30)19-12-7-14-21(16-19)39-27(31,32)33/h3-7,9-16,23-24H,2,8H2,1H3,(H2,34,37). The summed E-state index contributed by atoms with van der Waals surface area (Å²) in [6.45, 7) is 1.69. The summed E-state index contributed by atoms with van der Waals surface area (Å²) in [5, 5.41) is 0.562. The highest BCUT2D eigenvalue weighted by atomic mass is 19.4. The Morgan fingerprint density at radius 2 is 1.25 bits per heavy atom. The molecule has 0 saturated carbocycles. The van der Waals surface area contributed by atoms with Gasteiger partial charge in [0.2, 0.25) is 0 Å². The number of hydroxylamine groups is 2. The van der Waals surface area contributed by atoms with Crippen LogP contribution >= 0.6 is 0 Å². The maximum Gasteiger partial charge on any atom is 0.573 e. The molecule has 0 saturated heterocycles. The third kappa shape index (κ3) is 8.55. The minimum Gasteiger partial charge on any atom is -0.406 e. The first-order valence-corrected chi connectivity index (χ1v) is 11.8. The highest BCUT2D eigenvalue weighted by Gasteiger charge is 2.38.